The normalized spacial score (nSPS) is 10.7. The van der Waals surface area contributed by atoms with Crippen LogP contribution in [0.1, 0.15) is 21.5 Å². The number of hydrazone groups is 1. The molecule has 0 aliphatic heterocycles. The molecule has 0 atom stereocenters. The molecule has 2 aromatic carbocycles. The zero-order valence-electron chi connectivity index (χ0n) is 13.8. The molecule has 0 fully saturated rings. The number of pyridine rings is 1. The SMILES string of the molecule is O=C(N/N=C\c1cccnc1)c1ccccc1OCc1ccc(Br)cc1. The Kier molecular flexibility index (Phi) is 6.11. The van der Waals surface area contributed by atoms with Crippen molar-refractivity contribution in [3.8, 4) is 5.75 Å². The molecule has 1 N–H and O–H groups in total. The molecule has 3 aromatic rings. The number of nitrogens with zero attached hydrogens (tertiary/aromatic N) is 2. The molecule has 26 heavy (non-hydrogen) atoms. The Hall–Kier alpha value is -2.99. The standard InChI is InChI=1S/C20H16BrN3O2/c21-17-9-7-15(8-10-17)14-26-19-6-2-1-5-18(19)20(25)24-23-13-16-4-3-11-22-12-16/h1-13H,14H2,(H,24,25)/b23-13-. The van der Waals surface area contributed by atoms with Gasteiger partial charge >= 0.3 is 0 Å². The van der Waals surface area contributed by atoms with Gasteiger partial charge in [-0.3, -0.25) is 9.78 Å². The van der Waals surface area contributed by atoms with Crippen molar-refractivity contribution in [1.29, 1.82) is 0 Å². The molecule has 0 spiro atoms. The lowest BCUT2D eigenvalue weighted by Gasteiger charge is -2.10. The highest BCUT2D eigenvalue weighted by atomic mass is 79.9. The molecule has 0 saturated carbocycles. The summed E-state index contributed by atoms with van der Waals surface area (Å²) in [6, 6.07) is 18.5. The fourth-order valence-electron chi connectivity index (χ4n) is 2.20. The number of carbonyl (C=O) groups is 1. The zero-order chi connectivity index (χ0) is 18.2. The molecule has 5 nitrogen and oxygen atoms in total. The number of amides is 1. The van der Waals surface area contributed by atoms with Gasteiger partial charge in [-0.2, -0.15) is 5.10 Å². The second-order valence-corrected chi connectivity index (χ2v) is 6.31. The molecule has 0 radical (unpaired) electrons. The van der Waals surface area contributed by atoms with E-state index in [0.29, 0.717) is 17.9 Å². The van der Waals surface area contributed by atoms with E-state index in [-0.39, 0.29) is 5.91 Å². The first kappa shape index (κ1) is 17.8. The highest BCUT2D eigenvalue weighted by Gasteiger charge is 2.11. The van der Waals surface area contributed by atoms with Gasteiger partial charge in [0.25, 0.3) is 5.91 Å². The van der Waals surface area contributed by atoms with Crippen molar-refractivity contribution < 1.29 is 9.53 Å². The summed E-state index contributed by atoms with van der Waals surface area (Å²) in [5, 5.41) is 3.96. The molecule has 1 amide bonds. The van der Waals surface area contributed by atoms with Gasteiger partial charge in [-0.15, -0.1) is 0 Å². The predicted molar refractivity (Wildman–Crippen MR) is 104 cm³/mol. The Morgan fingerprint density at radius 3 is 2.69 bits per heavy atom. The van der Waals surface area contributed by atoms with Crippen LogP contribution in [0.2, 0.25) is 0 Å². The van der Waals surface area contributed by atoms with E-state index >= 15 is 0 Å². The molecule has 0 saturated heterocycles. The van der Waals surface area contributed by atoms with Gasteiger partial charge in [-0.25, -0.2) is 5.43 Å². The Labute approximate surface area is 159 Å². The minimum absolute atomic E-state index is 0.337. The Morgan fingerprint density at radius 2 is 1.92 bits per heavy atom. The van der Waals surface area contributed by atoms with E-state index in [0.717, 1.165) is 15.6 Å². The number of halogens is 1. The second-order valence-electron chi connectivity index (χ2n) is 5.40. The maximum absolute atomic E-state index is 12.4. The molecule has 0 bridgehead atoms. The number of ether oxygens (including phenoxy) is 1. The van der Waals surface area contributed by atoms with Gasteiger partial charge < -0.3 is 4.74 Å². The summed E-state index contributed by atoms with van der Waals surface area (Å²) in [5.74, 6) is 0.168. The van der Waals surface area contributed by atoms with Crippen LogP contribution < -0.4 is 10.2 Å². The summed E-state index contributed by atoms with van der Waals surface area (Å²) in [6.07, 6.45) is 4.87. The fraction of sp³-hybridized carbons (Fsp3) is 0.0500. The van der Waals surface area contributed by atoms with Crippen molar-refractivity contribution in [3.05, 3.63) is 94.2 Å². The summed E-state index contributed by atoms with van der Waals surface area (Å²) in [7, 11) is 0. The molecular weight excluding hydrogens is 394 g/mol. The predicted octanol–water partition coefficient (Wildman–Crippen LogP) is 4.19. The van der Waals surface area contributed by atoms with E-state index < -0.39 is 0 Å². The molecule has 1 aromatic heterocycles. The van der Waals surface area contributed by atoms with Gasteiger partial charge in [0.05, 0.1) is 11.8 Å². The van der Waals surface area contributed by atoms with Crippen LogP contribution in [-0.2, 0) is 6.61 Å². The maximum Gasteiger partial charge on any atom is 0.275 e. The monoisotopic (exact) mass is 409 g/mol. The Morgan fingerprint density at radius 1 is 1.12 bits per heavy atom. The molecule has 0 unspecified atom stereocenters. The minimum Gasteiger partial charge on any atom is -0.488 e. The third-order valence-electron chi connectivity index (χ3n) is 3.50. The fourth-order valence-corrected chi connectivity index (χ4v) is 2.46. The van der Waals surface area contributed by atoms with Crippen molar-refractivity contribution in [1.82, 2.24) is 10.4 Å². The molecule has 130 valence electrons. The number of benzene rings is 2. The quantitative estimate of drug-likeness (QED) is 0.490. The average Bonchev–Trinajstić information content (AvgIpc) is 2.68. The zero-order valence-corrected chi connectivity index (χ0v) is 15.4. The first-order valence-corrected chi connectivity index (χ1v) is 8.71. The summed E-state index contributed by atoms with van der Waals surface area (Å²) < 4.78 is 6.82. The van der Waals surface area contributed by atoms with Crippen molar-refractivity contribution >= 4 is 28.1 Å². The minimum atomic E-state index is -0.337. The number of aromatic nitrogens is 1. The van der Waals surface area contributed by atoms with Gasteiger partial charge in [0, 0.05) is 22.4 Å². The van der Waals surface area contributed by atoms with Crippen LogP contribution in [0.4, 0.5) is 0 Å². The highest BCUT2D eigenvalue weighted by Crippen LogP contribution is 2.20. The van der Waals surface area contributed by atoms with E-state index in [4.69, 9.17) is 4.74 Å². The van der Waals surface area contributed by atoms with E-state index in [1.165, 1.54) is 6.21 Å². The average molecular weight is 410 g/mol. The van der Waals surface area contributed by atoms with E-state index in [1.807, 2.05) is 36.4 Å². The van der Waals surface area contributed by atoms with Gasteiger partial charge in [0.1, 0.15) is 12.4 Å². The molecule has 6 heteroatoms. The van der Waals surface area contributed by atoms with E-state index in [2.05, 4.69) is 31.4 Å². The molecule has 1 heterocycles. The third-order valence-corrected chi connectivity index (χ3v) is 4.03. The summed E-state index contributed by atoms with van der Waals surface area (Å²) >= 11 is 3.40. The lowest BCUT2D eigenvalue weighted by molar-refractivity contribution is 0.0950. The number of carbonyl (C=O) groups excluding carboxylic acids is 1. The summed E-state index contributed by atoms with van der Waals surface area (Å²) in [6.45, 7) is 0.372. The van der Waals surface area contributed by atoms with Crippen LogP contribution in [0, 0.1) is 0 Å². The van der Waals surface area contributed by atoms with Crippen molar-refractivity contribution in [3.63, 3.8) is 0 Å². The molecule has 0 aliphatic rings. The number of nitrogens with one attached hydrogen (secondary N) is 1. The summed E-state index contributed by atoms with van der Waals surface area (Å²) in [5.41, 5.74) is 4.74. The van der Waals surface area contributed by atoms with Crippen LogP contribution >= 0.6 is 15.9 Å². The van der Waals surface area contributed by atoms with Gasteiger partial charge in [0.15, 0.2) is 0 Å². The van der Waals surface area contributed by atoms with Gasteiger partial charge in [-0.05, 0) is 35.9 Å². The number of rotatable bonds is 6. The van der Waals surface area contributed by atoms with Crippen LogP contribution in [0.5, 0.6) is 5.75 Å². The lowest BCUT2D eigenvalue weighted by atomic mass is 10.2. The maximum atomic E-state index is 12.4. The largest absolute Gasteiger partial charge is 0.488 e. The van der Waals surface area contributed by atoms with Crippen LogP contribution in [-0.4, -0.2) is 17.1 Å². The van der Waals surface area contributed by atoms with Crippen LogP contribution in [0.15, 0.2) is 82.6 Å². The van der Waals surface area contributed by atoms with Crippen LogP contribution in [0.3, 0.4) is 0 Å². The second kappa shape index (κ2) is 8.92. The van der Waals surface area contributed by atoms with Gasteiger partial charge in [0.2, 0.25) is 0 Å². The number of para-hydroxylation sites is 1. The van der Waals surface area contributed by atoms with Gasteiger partial charge in [-0.1, -0.05) is 46.3 Å². The lowest BCUT2D eigenvalue weighted by Crippen LogP contribution is -2.18. The smallest absolute Gasteiger partial charge is 0.275 e. The first-order valence-electron chi connectivity index (χ1n) is 7.92. The van der Waals surface area contributed by atoms with Crippen molar-refractivity contribution in [2.45, 2.75) is 6.61 Å². The third kappa shape index (κ3) is 5.00. The Balaban J connectivity index is 1.65. The summed E-state index contributed by atoms with van der Waals surface area (Å²) in [4.78, 5) is 16.4. The number of hydrogen-bond acceptors (Lipinski definition) is 4. The number of hydrogen-bond donors (Lipinski definition) is 1. The molecular formula is C20H16BrN3O2. The van der Waals surface area contributed by atoms with Crippen LogP contribution in [0.25, 0.3) is 0 Å². The van der Waals surface area contributed by atoms with Crippen molar-refractivity contribution in [2.75, 3.05) is 0 Å². The Bertz CT molecular complexity index is 896. The highest BCUT2D eigenvalue weighted by molar-refractivity contribution is 9.10. The van der Waals surface area contributed by atoms with E-state index in [9.17, 15) is 4.79 Å². The van der Waals surface area contributed by atoms with Crippen molar-refractivity contribution in [2.24, 2.45) is 5.10 Å². The first-order chi connectivity index (χ1) is 12.7. The molecule has 3 rings (SSSR count). The van der Waals surface area contributed by atoms with E-state index in [1.54, 1.807) is 36.7 Å². The molecule has 0 aliphatic carbocycles. The topological polar surface area (TPSA) is 63.6 Å².